The number of carbonyl (C=O) groups excluding carboxylic acids is 1. The fourth-order valence-corrected chi connectivity index (χ4v) is 1.92. The smallest absolute Gasteiger partial charge is 0.267 e. The minimum Gasteiger partial charge on any atom is -0.267 e. The molecule has 0 aliphatic rings. The minimum atomic E-state index is -0.305. The molecule has 0 atom stereocenters. The highest BCUT2D eigenvalue weighted by molar-refractivity contribution is 6.43. The quantitative estimate of drug-likeness (QED) is 0.748. The number of anilines is 1. The van der Waals surface area contributed by atoms with E-state index in [1.54, 1.807) is 48.5 Å². The number of rotatable bonds is 2. The fourth-order valence-electron chi connectivity index (χ4n) is 1.41. The Morgan fingerprint density at radius 3 is 2.18 bits per heavy atom. The van der Waals surface area contributed by atoms with Gasteiger partial charge in [0.15, 0.2) is 0 Å². The van der Waals surface area contributed by atoms with Crippen molar-refractivity contribution < 1.29 is 4.79 Å². The van der Waals surface area contributed by atoms with Crippen LogP contribution in [0.5, 0.6) is 0 Å². The van der Waals surface area contributed by atoms with Gasteiger partial charge >= 0.3 is 0 Å². The van der Waals surface area contributed by atoms with Crippen LogP contribution in [0, 0.1) is 0 Å². The third kappa shape index (κ3) is 2.60. The molecule has 0 spiro atoms. The molecule has 2 rings (SSSR count). The summed E-state index contributed by atoms with van der Waals surface area (Å²) in [6.45, 7) is 0. The first-order valence-corrected chi connectivity index (χ1v) is 5.71. The van der Waals surface area contributed by atoms with Crippen molar-refractivity contribution in [1.82, 2.24) is 0 Å². The first-order chi connectivity index (χ1) is 8.20. The normalized spacial score (nSPS) is 10.0. The third-order valence-electron chi connectivity index (χ3n) is 2.26. The average Bonchev–Trinajstić information content (AvgIpc) is 2.39. The van der Waals surface area contributed by atoms with Gasteiger partial charge in [0, 0.05) is 17.3 Å². The fraction of sp³-hybridized carbons (Fsp3) is 0. The molecule has 0 aromatic heterocycles. The minimum absolute atomic E-state index is 0.305. The van der Waals surface area contributed by atoms with Crippen molar-refractivity contribution in [3.05, 3.63) is 65.2 Å². The molecular formula is C13H9Cl2NO. The maximum Gasteiger partial charge on any atom is 0.272 e. The van der Waals surface area contributed by atoms with Gasteiger partial charge < -0.3 is 0 Å². The van der Waals surface area contributed by atoms with Crippen molar-refractivity contribution in [2.24, 2.45) is 0 Å². The lowest BCUT2D eigenvalue weighted by atomic mass is 10.2. The van der Waals surface area contributed by atoms with E-state index in [1.807, 2.05) is 6.07 Å². The van der Waals surface area contributed by atoms with E-state index >= 15 is 0 Å². The molecule has 0 saturated carbocycles. The molecule has 0 aliphatic heterocycles. The second-order valence-electron chi connectivity index (χ2n) is 3.40. The number of para-hydroxylation sites is 1. The molecule has 86 valence electrons. The zero-order valence-corrected chi connectivity index (χ0v) is 10.3. The van der Waals surface area contributed by atoms with Gasteiger partial charge in [-0.1, -0.05) is 41.9 Å². The molecule has 1 amide bonds. The SMILES string of the molecule is O=C(c1ccccc1)N(Cl)c1ccccc1Cl. The van der Waals surface area contributed by atoms with E-state index in [1.165, 1.54) is 0 Å². The van der Waals surface area contributed by atoms with Crippen LogP contribution in [0.25, 0.3) is 0 Å². The van der Waals surface area contributed by atoms with Crippen LogP contribution >= 0.6 is 23.4 Å². The molecule has 17 heavy (non-hydrogen) atoms. The Bertz CT molecular complexity index is 528. The van der Waals surface area contributed by atoms with Crippen molar-refractivity contribution in [2.45, 2.75) is 0 Å². The van der Waals surface area contributed by atoms with Gasteiger partial charge in [0.1, 0.15) is 0 Å². The van der Waals surface area contributed by atoms with Crippen molar-refractivity contribution in [3.8, 4) is 0 Å². The molecule has 0 heterocycles. The Kier molecular flexibility index (Phi) is 3.67. The number of carbonyl (C=O) groups is 1. The molecule has 0 N–H and O–H groups in total. The average molecular weight is 266 g/mol. The van der Waals surface area contributed by atoms with E-state index in [9.17, 15) is 4.79 Å². The summed E-state index contributed by atoms with van der Waals surface area (Å²) < 4.78 is 1.03. The lowest BCUT2D eigenvalue weighted by molar-refractivity contribution is 0.101. The molecule has 0 radical (unpaired) electrons. The number of hydrogen-bond acceptors (Lipinski definition) is 1. The summed E-state index contributed by atoms with van der Waals surface area (Å²) in [5, 5.41) is 0.437. The molecule has 0 saturated heterocycles. The van der Waals surface area contributed by atoms with Gasteiger partial charge in [0.25, 0.3) is 5.91 Å². The largest absolute Gasteiger partial charge is 0.272 e. The van der Waals surface area contributed by atoms with Gasteiger partial charge in [0.2, 0.25) is 0 Å². The maximum atomic E-state index is 12.0. The van der Waals surface area contributed by atoms with E-state index in [-0.39, 0.29) is 5.91 Å². The molecule has 2 aromatic carbocycles. The second-order valence-corrected chi connectivity index (χ2v) is 4.15. The molecule has 0 bridgehead atoms. The van der Waals surface area contributed by atoms with E-state index in [0.29, 0.717) is 16.3 Å². The number of hydrogen-bond donors (Lipinski definition) is 0. The number of halogens is 2. The van der Waals surface area contributed by atoms with Gasteiger partial charge in [-0.25, -0.2) is 4.42 Å². The summed E-state index contributed by atoms with van der Waals surface area (Å²) >= 11 is 12.0. The van der Waals surface area contributed by atoms with Gasteiger partial charge in [-0.15, -0.1) is 0 Å². The van der Waals surface area contributed by atoms with Crippen molar-refractivity contribution in [1.29, 1.82) is 0 Å². The number of amides is 1. The van der Waals surface area contributed by atoms with E-state index in [2.05, 4.69) is 0 Å². The van der Waals surface area contributed by atoms with Crippen LogP contribution in [0.15, 0.2) is 54.6 Å². The van der Waals surface area contributed by atoms with Crippen LogP contribution < -0.4 is 4.42 Å². The van der Waals surface area contributed by atoms with Gasteiger partial charge in [-0.3, -0.25) is 4.79 Å². The first kappa shape index (κ1) is 12.0. The summed E-state index contributed by atoms with van der Waals surface area (Å²) in [4.78, 5) is 12.0. The van der Waals surface area contributed by atoms with Gasteiger partial charge in [-0.2, -0.15) is 0 Å². The second kappa shape index (κ2) is 5.21. The highest BCUT2D eigenvalue weighted by Crippen LogP contribution is 2.27. The molecule has 4 heteroatoms. The Morgan fingerprint density at radius 1 is 0.941 bits per heavy atom. The highest BCUT2D eigenvalue weighted by atomic mass is 35.5. The summed E-state index contributed by atoms with van der Waals surface area (Å²) in [5.74, 6) is -0.305. The van der Waals surface area contributed by atoms with Crippen LogP contribution in [-0.4, -0.2) is 5.91 Å². The summed E-state index contributed by atoms with van der Waals surface area (Å²) in [5.41, 5.74) is 0.993. The highest BCUT2D eigenvalue weighted by Gasteiger charge is 2.17. The Balaban J connectivity index is 2.30. The standard InChI is InChI=1S/C13H9Cl2NO/c14-11-8-4-5-9-12(11)16(15)13(17)10-6-2-1-3-7-10/h1-9H. The van der Waals surface area contributed by atoms with Gasteiger partial charge in [-0.05, 0) is 24.3 Å². The first-order valence-electron chi connectivity index (χ1n) is 5.00. The summed E-state index contributed by atoms with van der Waals surface area (Å²) in [6.07, 6.45) is 0. The maximum absolute atomic E-state index is 12.0. The van der Waals surface area contributed by atoms with E-state index < -0.39 is 0 Å². The predicted octanol–water partition coefficient (Wildman–Crippen LogP) is 4.14. The Labute approximate surface area is 109 Å². The van der Waals surface area contributed by atoms with E-state index in [0.717, 1.165) is 4.42 Å². The monoisotopic (exact) mass is 265 g/mol. The van der Waals surface area contributed by atoms with Crippen LogP contribution in [0.1, 0.15) is 10.4 Å². The number of benzene rings is 2. The summed E-state index contributed by atoms with van der Waals surface area (Å²) in [6, 6.07) is 15.7. The van der Waals surface area contributed by atoms with Crippen LogP contribution in [0.3, 0.4) is 0 Å². The Hall–Kier alpha value is -1.51. The Morgan fingerprint density at radius 2 is 1.53 bits per heavy atom. The summed E-state index contributed by atoms with van der Waals surface area (Å²) in [7, 11) is 0. The van der Waals surface area contributed by atoms with Crippen molar-refractivity contribution >= 4 is 35.0 Å². The van der Waals surface area contributed by atoms with E-state index in [4.69, 9.17) is 23.4 Å². The zero-order chi connectivity index (χ0) is 12.3. The zero-order valence-electron chi connectivity index (χ0n) is 8.81. The molecular weight excluding hydrogens is 257 g/mol. The van der Waals surface area contributed by atoms with Crippen molar-refractivity contribution in [3.63, 3.8) is 0 Å². The molecule has 2 nitrogen and oxygen atoms in total. The van der Waals surface area contributed by atoms with Crippen LogP contribution in [0.2, 0.25) is 5.02 Å². The molecule has 0 unspecified atom stereocenters. The van der Waals surface area contributed by atoms with Crippen LogP contribution in [0.4, 0.5) is 5.69 Å². The number of nitrogens with zero attached hydrogens (tertiary/aromatic N) is 1. The van der Waals surface area contributed by atoms with Crippen LogP contribution in [-0.2, 0) is 0 Å². The third-order valence-corrected chi connectivity index (χ3v) is 2.92. The lowest BCUT2D eigenvalue weighted by Crippen LogP contribution is -2.20. The molecule has 2 aromatic rings. The topological polar surface area (TPSA) is 20.3 Å². The van der Waals surface area contributed by atoms with Crippen molar-refractivity contribution in [2.75, 3.05) is 4.42 Å². The van der Waals surface area contributed by atoms with Gasteiger partial charge in [0.05, 0.1) is 10.7 Å². The molecule has 0 aliphatic carbocycles. The predicted molar refractivity (Wildman–Crippen MR) is 70.6 cm³/mol. The molecule has 0 fully saturated rings. The lowest BCUT2D eigenvalue weighted by Gasteiger charge is -2.15.